The van der Waals surface area contributed by atoms with Gasteiger partial charge in [0, 0.05) is 6.42 Å². The maximum atomic E-state index is 9.89. The van der Waals surface area contributed by atoms with Gasteiger partial charge in [-0.2, -0.15) is 0 Å². The van der Waals surface area contributed by atoms with Gasteiger partial charge in [-0.1, -0.05) is 12.8 Å². The smallest absolute Gasteiger partial charge is 0.280 e. The first-order valence-electron chi connectivity index (χ1n) is 5.79. The monoisotopic (exact) mass is 200 g/mol. The van der Waals surface area contributed by atoms with Crippen LogP contribution < -0.4 is 0 Å². The molecule has 3 heteroatoms. The summed E-state index contributed by atoms with van der Waals surface area (Å²) in [5, 5.41) is 9.89. The maximum absolute atomic E-state index is 9.89. The van der Waals surface area contributed by atoms with E-state index < -0.39 is 5.97 Å². The van der Waals surface area contributed by atoms with Crippen molar-refractivity contribution in [2.24, 2.45) is 5.92 Å². The molecule has 1 aliphatic heterocycles. The van der Waals surface area contributed by atoms with Crippen molar-refractivity contribution in [2.75, 3.05) is 13.2 Å². The maximum Gasteiger partial charge on any atom is 0.280 e. The van der Waals surface area contributed by atoms with Gasteiger partial charge in [-0.15, -0.1) is 0 Å². The third kappa shape index (κ3) is 2.69. The van der Waals surface area contributed by atoms with Crippen LogP contribution in [0.3, 0.4) is 0 Å². The van der Waals surface area contributed by atoms with Gasteiger partial charge in [0.25, 0.3) is 5.97 Å². The first kappa shape index (κ1) is 10.4. The second-order valence-electron chi connectivity index (χ2n) is 4.48. The molecule has 82 valence electrons. The molecule has 1 atom stereocenters. The molecule has 0 aromatic heterocycles. The van der Waals surface area contributed by atoms with Crippen LogP contribution in [-0.2, 0) is 9.47 Å². The second-order valence-corrected chi connectivity index (χ2v) is 4.48. The second kappa shape index (κ2) is 4.60. The van der Waals surface area contributed by atoms with Crippen LogP contribution in [0.1, 0.15) is 44.9 Å². The number of rotatable bonds is 3. The van der Waals surface area contributed by atoms with E-state index in [0.29, 0.717) is 25.6 Å². The van der Waals surface area contributed by atoms with Crippen molar-refractivity contribution in [2.45, 2.75) is 50.9 Å². The highest BCUT2D eigenvalue weighted by atomic mass is 16.8. The first-order chi connectivity index (χ1) is 6.79. The summed E-state index contributed by atoms with van der Waals surface area (Å²) < 4.78 is 10.7. The van der Waals surface area contributed by atoms with E-state index in [0.717, 1.165) is 12.8 Å². The minimum absolute atomic E-state index is 0.625. The lowest BCUT2D eigenvalue weighted by Crippen LogP contribution is -2.40. The number of ether oxygens (including phenoxy) is 2. The average molecular weight is 200 g/mol. The average Bonchev–Trinajstić information content (AvgIpc) is 2.69. The Morgan fingerprint density at radius 2 is 2.00 bits per heavy atom. The Morgan fingerprint density at radius 3 is 2.64 bits per heavy atom. The van der Waals surface area contributed by atoms with Gasteiger partial charge in [-0.3, -0.25) is 0 Å². The highest BCUT2D eigenvalue weighted by Gasteiger charge is 2.32. The molecule has 1 saturated carbocycles. The highest BCUT2D eigenvalue weighted by Crippen LogP contribution is 2.29. The normalized spacial score (nSPS) is 34.9. The lowest BCUT2D eigenvalue weighted by Gasteiger charge is -2.32. The lowest BCUT2D eigenvalue weighted by atomic mass is 10.1. The quantitative estimate of drug-likeness (QED) is 0.708. The topological polar surface area (TPSA) is 38.7 Å². The predicted octanol–water partition coefficient (Wildman–Crippen LogP) is 2.04. The zero-order valence-corrected chi connectivity index (χ0v) is 8.71. The van der Waals surface area contributed by atoms with E-state index in [-0.39, 0.29) is 0 Å². The molecule has 0 radical (unpaired) electrons. The van der Waals surface area contributed by atoms with Gasteiger partial charge in [0.05, 0.1) is 13.2 Å². The Hall–Kier alpha value is -0.120. The first-order valence-corrected chi connectivity index (χ1v) is 5.79. The molecule has 1 saturated heterocycles. The van der Waals surface area contributed by atoms with Gasteiger partial charge >= 0.3 is 0 Å². The summed E-state index contributed by atoms with van der Waals surface area (Å²) in [4.78, 5) is 0. The van der Waals surface area contributed by atoms with E-state index in [9.17, 15) is 5.11 Å². The molecule has 0 amide bonds. The zero-order valence-electron chi connectivity index (χ0n) is 8.71. The molecule has 1 heterocycles. The fourth-order valence-electron chi connectivity index (χ4n) is 2.29. The fraction of sp³-hybridized carbons (Fsp3) is 1.00. The number of hydrogen-bond acceptors (Lipinski definition) is 3. The summed E-state index contributed by atoms with van der Waals surface area (Å²) in [6.45, 7) is 1.29. The van der Waals surface area contributed by atoms with Gasteiger partial charge in [0.2, 0.25) is 0 Å². The molecule has 14 heavy (non-hydrogen) atoms. The van der Waals surface area contributed by atoms with Crippen LogP contribution in [0.25, 0.3) is 0 Å². The molecular weight excluding hydrogens is 180 g/mol. The van der Waals surface area contributed by atoms with E-state index in [1.54, 1.807) is 0 Å². The van der Waals surface area contributed by atoms with Crippen molar-refractivity contribution in [1.82, 2.24) is 0 Å². The molecule has 2 fully saturated rings. The molecule has 1 unspecified atom stereocenters. The summed E-state index contributed by atoms with van der Waals surface area (Å²) >= 11 is 0. The molecule has 2 aliphatic rings. The van der Waals surface area contributed by atoms with Crippen LogP contribution in [0.4, 0.5) is 0 Å². The van der Waals surface area contributed by atoms with Crippen molar-refractivity contribution < 1.29 is 14.6 Å². The van der Waals surface area contributed by atoms with Crippen LogP contribution in [-0.4, -0.2) is 24.3 Å². The SMILES string of the molecule is OC1(OCC2CCCC2)CCCCO1. The summed E-state index contributed by atoms with van der Waals surface area (Å²) in [5.41, 5.74) is 0. The summed E-state index contributed by atoms with van der Waals surface area (Å²) in [5.74, 6) is -0.620. The molecule has 0 bridgehead atoms. The largest absolute Gasteiger partial charge is 0.343 e. The minimum atomic E-state index is -1.26. The van der Waals surface area contributed by atoms with Crippen LogP contribution in [0, 0.1) is 5.92 Å². The van der Waals surface area contributed by atoms with Gasteiger partial charge in [-0.25, -0.2) is 0 Å². The number of hydrogen-bond donors (Lipinski definition) is 1. The van der Waals surface area contributed by atoms with E-state index in [1.165, 1.54) is 25.7 Å². The Labute approximate surface area is 85.4 Å². The van der Waals surface area contributed by atoms with Crippen LogP contribution in [0.15, 0.2) is 0 Å². The van der Waals surface area contributed by atoms with Crippen LogP contribution in [0.5, 0.6) is 0 Å². The van der Waals surface area contributed by atoms with Crippen molar-refractivity contribution in [3.8, 4) is 0 Å². The van der Waals surface area contributed by atoms with Crippen molar-refractivity contribution in [3.63, 3.8) is 0 Å². The molecule has 2 rings (SSSR count). The molecule has 1 aliphatic carbocycles. The fourth-order valence-corrected chi connectivity index (χ4v) is 2.29. The van der Waals surface area contributed by atoms with Crippen molar-refractivity contribution >= 4 is 0 Å². The van der Waals surface area contributed by atoms with Gasteiger partial charge in [0.15, 0.2) is 0 Å². The zero-order chi connectivity index (χ0) is 9.86. The summed E-state index contributed by atoms with van der Waals surface area (Å²) in [6, 6.07) is 0. The van der Waals surface area contributed by atoms with Gasteiger partial charge in [-0.05, 0) is 31.6 Å². The van der Waals surface area contributed by atoms with E-state index in [2.05, 4.69) is 0 Å². The molecular formula is C11H20O3. The Bertz CT molecular complexity index is 169. The van der Waals surface area contributed by atoms with Crippen LogP contribution in [0.2, 0.25) is 0 Å². The summed E-state index contributed by atoms with van der Waals surface area (Å²) in [7, 11) is 0. The van der Waals surface area contributed by atoms with E-state index >= 15 is 0 Å². The Kier molecular flexibility index (Phi) is 3.42. The van der Waals surface area contributed by atoms with Crippen molar-refractivity contribution in [1.29, 1.82) is 0 Å². The molecule has 3 nitrogen and oxygen atoms in total. The van der Waals surface area contributed by atoms with Crippen LogP contribution >= 0.6 is 0 Å². The summed E-state index contributed by atoms with van der Waals surface area (Å²) in [6.07, 6.45) is 7.78. The van der Waals surface area contributed by atoms with E-state index in [1.807, 2.05) is 0 Å². The predicted molar refractivity (Wildman–Crippen MR) is 52.7 cm³/mol. The highest BCUT2D eigenvalue weighted by molar-refractivity contribution is 4.68. The van der Waals surface area contributed by atoms with Gasteiger partial charge in [0.1, 0.15) is 0 Å². The number of aliphatic hydroxyl groups is 1. The Balaban J connectivity index is 1.72. The van der Waals surface area contributed by atoms with Gasteiger partial charge < -0.3 is 14.6 Å². The third-order valence-corrected chi connectivity index (χ3v) is 3.23. The van der Waals surface area contributed by atoms with E-state index in [4.69, 9.17) is 9.47 Å². The molecule has 0 aromatic rings. The minimum Gasteiger partial charge on any atom is -0.343 e. The third-order valence-electron chi connectivity index (χ3n) is 3.23. The molecule has 0 spiro atoms. The lowest BCUT2D eigenvalue weighted by molar-refractivity contribution is -0.376. The molecule has 0 aromatic carbocycles. The van der Waals surface area contributed by atoms with Crippen molar-refractivity contribution in [3.05, 3.63) is 0 Å². The standard InChI is InChI=1S/C11H20O3/c12-11(7-3-4-8-13-11)14-9-10-5-1-2-6-10/h10,12H,1-9H2. The Morgan fingerprint density at radius 1 is 1.21 bits per heavy atom. The molecule has 1 N–H and O–H groups in total.